The van der Waals surface area contributed by atoms with Crippen molar-refractivity contribution in [2.75, 3.05) is 5.32 Å². The lowest BCUT2D eigenvalue weighted by molar-refractivity contribution is -0.117. The van der Waals surface area contributed by atoms with E-state index in [0.717, 1.165) is 16.5 Å². The first-order valence-corrected chi connectivity index (χ1v) is 11.7. The number of H-pyrrole nitrogens is 1. The van der Waals surface area contributed by atoms with Gasteiger partial charge in [0, 0.05) is 33.8 Å². The normalized spacial score (nSPS) is 14.7. The molecule has 1 amide bonds. The van der Waals surface area contributed by atoms with Crippen LogP contribution in [-0.4, -0.2) is 34.7 Å². The molecule has 0 saturated carbocycles. The number of aromatic amines is 1. The highest BCUT2D eigenvalue weighted by Crippen LogP contribution is 2.24. The molecule has 0 aliphatic carbocycles. The van der Waals surface area contributed by atoms with Crippen LogP contribution in [0.2, 0.25) is 0 Å². The number of amides is 1. The number of nitrogens with zero attached hydrogens (tertiary/aromatic N) is 3. The molecule has 0 saturated heterocycles. The van der Waals surface area contributed by atoms with E-state index in [9.17, 15) is 4.79 Å². The summed E-state index contributed by atoms with van der Waals surface area (Å²) >= 11 is 0. The van der Waals surface area contributed by atoms with Gasteiger partial charge in [0.05, 0.1) is 17.0 Å². The maximum atomic E-state index is 12.9. The molecule has 9 heteroatoms. The number of anilines is 1. The van der Waals surface area contributed by atoms with Gasteiger partial charge >= 0.3 is 0 Å². The van der Waals surface area contributed by atoms with E-state index in [1.807, 2.05) is 62.4 Å². The van der Waals surface area contributed by atoms with E-state index in [1.54, 1.807) is 30.5 Å². The number of nitriles is 1. The number of hydrogen-bond donors (Lipinski definition) is 4. The van der Waals surface area contributed by atoms with Crippen molar-refractivity contribution in [1.29, 1.82) is 10.7 Å². The van der Waals surface area contributed by atoms with Crippen LogP contribution in [0.15, 0.2) is 89.0 Å². The molecule has 1 aliphatic rings. The molecular formula is C28H25N7O2. The molecule has 1 aromatic heterocycles. The summed E-state index contributed by atoms with van der Waals surface area (Å²) in [6.45, 7) is 4.00. The Hall–Kier alpha value is -5.23. The Kier molecular flexibility index (Phi) is 7.40. The van der Waals surface area contributed by atoms with Gasteiger partial charge in [-0.05, 0) is 18.2 Å². The van der Waals surface area contributed by atoms with Gasteiger partial charge in [-0.25, -0.2) is 4.99 Å². The molecule has 1 atom stereocenters. The lowest BCUT2D eigenvalue weighted by Crippen LogP contribution is -2.29. The number of carbonyl (C=O) groups excluding carboxylic acids is 1. The molecule has 0 spiro atoms. The van der Waals surface area contributed by atoms with Crippen LogP contribution in [0.1, 0.15) is 36.1 Å². The van der Waals surface area contributed by atoms with E-state index < -0.39 is 12.1 Å². The van der Waals surface area contributed by atoms with Crippen LogP contribution in [0.25, 0.3) is 10.9 Å². The standard InChI is InChI=1S/C26H19N7O2.C2H6/c27-13-17-14-30-21-12-16(10-11-18(17)21)23(28)35-26(29)33-24-25(34)31-20-9-5-4-8-19(20)22(32-24)15-6-2-1-3-7-15;1-2/h1-12,14,24,28,30H,(H2,29,33)(H,31,34);1-2H3. The zero-order valence-corrected chi connectivity index (χ0v) is 20.3. The topological polar surface area (TPSA) is 152 Å². The minimum atomic E-state index is -1.21. The van der Waals surface area contributed by atoms with Crippen LogP contribution in [0, 0.1) is 16.7 Å². The molecular weight excluding hydrogens is 466 g/mol. The fourth-order valence-corrected chi connectivity index (χ4v) is 3.83. The average molecular weight is 492 g/mol. The highest BCUT2D eigenvalue weighted by molar-refractivity contribution is 6.19. The molecule has 1 aliphatic heterocycles. The van der Waals surface area contributed by atoms with Crippen LogP contribution in [0.5, 0.6) is 0 Å². The summed E-state index contributed by atoms with van der Waals surface area (Å²) in [5.41, 5.74) is 10.4. The number of rotatable bonds is 3. The summed E-state index contributed by atoms with van der Waals surface area (Å²) in [6.07, 6.45) is 0.384. The fourth-order valence-electron chi connectivity index (χ4n) is 3.83. The second kappa shape index (κ2) is 11.0. The van der Waals surface area contributed by atoms with E-state index in [2.05, 4.69) is 26.4 Å². The van der Waals surface area contributed by atoms with Crippen LogP contribution in [0.4, 0.5) is 5.69 Å². The fraction of sp³-hybridized carbons (Fsp3) is 0.107. The zero-order valence-electron chi connectivity index (χ0n) is 20.3. The van der Waals surface area contributed by atoms with Crippen LogP contribution in [-0.2, 0) is 9.53 Å². The predicted molar refractivity (Wildman–Crippen MR) is 145 cm³/mol. The number of nitrogens with two attached hydrogens (primary N) is 1. The van der Waals surface area contributed by atoms with Crippen molar-refractivity contribution in [2.45, 2.75) is 20.0 Å². The van der Waals surface area contributed by atoms with Gasteiger partial charge in [-0.15, -0.1) is 0 Å². The van der Waals surface area contributed by atoms with Gasteiger partial charge in [0.2, 0.25) is 12.1 Å². The molecule has 0 fully saturated rings. The smallest absolute Gasteiger partial charge is 0.291 e. The lowest BCUT2D eigenvalue weighted by Gasteiger charge is -2.10. The Morgan fingerprint density at radius 3 is 2.59 bits per heavy atom. The third-order valence-corrected chi connectivity index (χ3v) is 5.49. The molecule has 9 nitrogen and oxygen atoms in total. The first-order valence-electron chi connectivity index (χ1n) is 11.7. The first-order chi connectivity index (χ1) is 18.0. The quantitative estimate of drug-likeness (QED) is 0.245. The number of nitrogens with one attached hydrogen (secondary N) is 3. The Morgan fingerprint density at radius 2 is 1.84 bits per heavy atom. The van der Waals surface area contributed by atoms with E-state index in [0.29, 0.717) is 28.0 Å². The van der Waals surface area contributed by atoms with Crippen molar-refractivity contribution in [3.8, 4) is 6.07 Å². The largest absolute Gasteiger partial charge is 0.407 e. The molecule has 4 aromatic rings. The Morgan fingerprint density at radius 1 is 1.11 bits per heavy atom. The number of fused-ring (bicyclic) bond motifs is 2. The van der Waals surface area contributed by atoms with Crippen molar-refractivity contribution in [2.24, 2.45) is 15.7 Å². The number of carbonyl (C=O) groups is 1. The van der Waals surface area contributed by atoms with Crippen molar-refractivity contribution in [3.05, 3.63) is 101 Å². The van der Waals surface area contributed by atoms with Gasteiger partial charge in [0.25, 0.3) is 11.9 Å². The van der Waals surface area contributed by atoms with Gasteiger partial charge in [0.15, 0.2) is 0 Å². The van der Waals surface area contributed by atoms with E-state index in [-0.39, 0.29) is 11.9 Å². The number of aromatic nitrogens is 1. The minimum Gasteiger partial charge on any atom is -0.407 e. The summed E-state index contributed by atoms with van der Waals surface area (Å²) in [7, 11) is 0. The van der Waals surface area contributed by atoms with Crippen molar-refractivity contribution in [3.63, 3.8) is 0 Å². The number of aliphatic imine (C=N–C) groups is 2. The van der Waals surface area contributed by atoms with Crippen molar-refractivity contribution in [1.82, 2.24) is 4.98 Å². The second-order valence-electron chi connectivity index (χ2n) is 7.73. The summed E-state index contributed by atoms with van der Waals surface area (Å²) in [6, 6.07) is 23.6. The number of hydrogen-bond acceptors (Lipinski definition) is 6. The van der Waals surface area contributed by atoms with Gasteiger partial charge in [0.1, 0.15) is 6.07 Å². The van der Waals surface area contributed by atoms with Gasteiger partial charge in [-0.3, -0.25) is 10.2 Å². The Balaban J connectivity index is 0.00000156. The monoisotopic (exact) mass is 491 g/mol. The first kappa shape index (κ1) is 24.9. The molecule has 37 heavy (non-hydrogen) atoms. The van der Waals surface area contributed by atoms with Crippen LogP contribution in [0.3, 0.4) is 0 Å². The SMILES string of the molecule is CC.N#Cc1c[nH]c2cc(C(=N)O/C(N)=N/C3N=C(c4ccccc4)c4ccccc4NC3=O)ccc12. The number of amidine groups is 1. The van der Waals surface area contributed by atoms with Crippen LogP contribution >= 0.6 is 0 Å². The number of benzodiazepines with no additional fused rings is 1. The molecule has 0 radical (unpaired) electrons. The van der Waals surface area contributed by atoms with E-state index >= 15 is 0 Å². The molecule has 5 rings (SSSR count). The van der Waals surface area contributed by atoms with Gasteiger partial charge < -0.3 is 20.8 Å². The average Bonchev–Trinajstić information content (AvgIpc) is 3.29. The highest BCUT2D eigenvalue weighted by Gasteiger charge is 2.26. The predicted octanol–water partition coefficient (Wildman–Crippen LogP) is 4.54. The molecule has 184 valence electrons. The highest BCUT2D eigenvalue weighted by atomic mass is 16.5. The number of para-hydroxylation sites is 1. The summed E-state index contributed by atoms with van der Waals surface area (Å²) < 4.78 is 5.41. The third-order valence-electron chi connectivity index (χ3n) is 5.49. The Labute approximate surface area is 213 Å². The number of ether oxygens (including phenoxy) is 1. The van der Waals surface area contributed by atoms with Gasteiger partial charge in [-0.2, -0.15) is 10.3 Å². The summed E-state index contributed by atoms with van der Waals surface area (Å²) in [4.78, 5) is 24.6. The van der Waals surface area contributed by atoms with Gasteiger partial charge in [-0.1, -0.05) is 68.4 Å². The Bertz CT molecular complexity index is 1560. The zero-order chi connectivity index (χ0) is 26.4. The second-order valence-corrected chi connectivity index (χ2v) is 7.73. The molecule has 1 unspecified atom stereocenters. The van der Waals surface area contributed by atoms with E-state index in [4.69, 9.17) is 21.1 Å². The van der Waals surface area contributed by atoms with Crippen molar-refractivity contribution < 1.29 is 9.53 Å². The molecule has 0 bridgehead atoms. The maximum absolute atomic E-state index is 12.9. The number of benzene rings is 3. The maximum Gasteiger partial charge on any atom is 0.291 e. The summed E-state index contributed by atoms with van der Waals surface area (Å²) in [5.74, 6) is -0.732. The van der Waals surface area contributed by atoms with Crippen LogP contribution < -0.4 is 11.1 Å². The lowest BCUT2D eigenvalue weighted by atomic mass is 10.0. The summed E-state index contributed by atoms with van der Waals surface area (Å²) in [5, 5.41) is 21.0. The molecule has 5 N–H and O–H groups in total. The van der Waals surface area contributed by atoms with Crippen molar-refractivity contribution >= 4 is 40.1 Å². The minimum absolute atomic E-state index is 0.258. The van der Waals surface area contributed by atoms with E-state index in [1.165, 1.54) is 0 Å². The molecule has 3 aromatic carbocycles. The third kappa shape index (κ3) is 5.23. The molecule has 2 heterocycles.